The first kappa shape index (κ1) is 13.2. The molecule has 21 heavy (non-hydrogen) atoms. The zero-order chi connectivity index (χ0) is 14.1. The monoisotopic (exact) mass is 287 g/mol. The van der Waals surface area contributed by atoms with Crippen molar-refractivity contribution in [1.82, 2.24) is 15.3 Å². The van der Waals surface area contributed by atoms with Gasteiger partial charge >= 0.3 is 0 Å². The highest BCUT2D eigenvalue weighted by Crippen LogP contribution is 2.35. The second kappa shape index (κ2) is 5.40. The summed E-state index contributed by atoms with van der Waals surface area (Å²) in [4.78, 5) is 7.42. The lowest BCUT2D eigenvalue weighted by Crippen LogP contribution is -2.50. The molecule has 0 radical (unpaired) electrons. The van der Waals surface area contributed by atoms with E-state index >= 15 is 0 Å². The van der Waals surface area contributed by atoms with Gasteiger partial charge in [-0.1, -0.05) is 6.07 Å². The number of H-pyrrole nitrogens is 1. The molecule has 2 fully saturated rings. The molecule has 2 N–H and O–H groups in total. The highest BCUT2D eigenvalue weighted by molar-refractivity contribution is 5.74. The number of aromatic nitrogens is 2. The Bertz CT molecular complexity index is 619. The van der Waals surface area contributed by atoms with Crippen LogP contribution >= 0.6 is 0 Å². The molecule has 5 heteroatoms. The highest BCUT2D eigenvalue weighted by Gasteiger charge is 2.44. The quantitative estimate of drug-likeness (QED) is 0.906. The Labute approximate surface area is 124 Å². The van der Waals surface area contributed by atoms with Gasteiger partial charge < -0.3 is 19.8 Å². The summed E-state index contributed by atoms with van der Waals surface area (Å²) in [5.41, 5.74) is 3.39. The molecule has 1 spiro atoms. The van der Waals surface area contributed by atoms with Gasteiger partial charge in [-0.2, -0.15) is 0 Å². The predicted molar refractivity (Wildman–Crippen MR) is 80.1 cm³/mol. The maximum absolute atomic E-state index is 6.08. The number of aromatic amines is 1. The molecule has 1 atom stereocenters. The molecule has 112 valence electrons. The second-order valence-corrected chi connectivity index (χ2v) is 6.00. The number of hydrogen-bond donors (Lipinski definition) is 2. The van der Waals surface area contributed by atoms with Crippen LogP contribution < -0.4 is 5.32 Å². The first-order chi connectivity index (χ1) is 10.4. The van der Waals surface area contributed by atoms with Crippen molar-refractivity contribution in [2.24, 2.45) is 0 Å². The molecule has 4 rings (SSSR count). The number of rotatable bonds is 3. The van der Waals surface area contributed by atoms with E-state index in [0.717, 1.165) is 56.7 Å². The van der Waals surface area contributed by atoms with E-state index in [-0.39, 0.29) is 5.60 Å². The van der Waals surface area contributed by atoms with Crippen molar-refractivity contribution in [3.05, 3.63) is 30.1 Å². The van der Waals surface area contributed by atoms with E-state index < -0.39 is 0 Å². The van der Waals surface area contributed by atoms with Crippen LogP contribution in [0.3, 0.4) is 0 Å². The zero-order valence-corrected chi connectivity index (χ0v) is 12.1. The maximum atomic E-state index is 6.08. The summed E-state index contributed by atoms with van der Waals surface area (Å²) < 4.78 is 11.6. The third kappa shape index (κ3) is 2.46. The van der Waals surface area contributed by atoms with Gasteiger partial charge in [0.25, 0.3) is 0 Å². The van der Waals surface area contributed by atoms with Crippen molar-refractivity contribution < 1.29 is 9.47 Å². The van der Waals surface area contributed by atoms with Gasteiger partial charge in [0.15, 0.2) is 0 Å². The molecule has 2 aliphatic heterocycles. The van der Waals surface area contributed by atoms with E-state index in [4.69, 9.17) is 9.47 Å². The molecule has 2 saturated heterocycles. The second-order valence-electron chi connectivity index (χ2n) is 6.00. The molecular weight excluding hydrogens is 266 g/mol. The SMILES string of the molecule is c1nc2ccc(CNC3CCOC34CCOCC4)cc2[nH]1. The molecular formula is C16H21N3O2. The molecule has 1 unspecified atom stereocenters. The first-order valence-corrected chi connectivity index (χ1v) is 7.73. The molecule has 0 aliphatic carbocycles. The lowest BCUT2D eigenvalue weighted by Gasteiger charge is -2.38. The van der Waals surface area contributed by atoms with E-state index in [9.17, 15) is 0 Å². The van der Waals surface area contributed by atoms with Crippen LogP contribution in [0.15, 0.2) is 24.5 Å². The van der Waals surface area contributed by atoms with E-state index in [1.807, 2.05) is 0 Å². The smallest absolute Gasteiger partial charge is 0.0931 e. The van der Waals surface area contributed by atoms with Gasteiger partial charge in [0.1, 0.15) is 0 Å². The Hall–Kier alpha value is -1.43. The Morgan fingerprint density at radius 1 is 1.29 bits per heavy atom. The van der Waals surface area contributed by atoms with Crippen molar-refractivity contribution in [3.8, 4) is 0 Å². The average Bonchev–Trinajstić information content (AvgIpc) is 3.13. The van der Waals surface area contributed by atoms with Crippen molar-refractivity contribution in [3.63, 3.8) is 0 Å². The molecule has 0 bridgehead atoms. The lowest BCUT2D eigenvalue weighted by molar-refractivity contribution is -0.0885. The van der Waals surface area contributed by atoms with Crippen LogP contribution in [0.25, 0.3) is 11.0 Å². The standard InChI is InChI=1S/C16H21N3O2/c1-2-13-14(19-11-18-13)9-12(1)10-17-15-3-6-21-16(15)4-7-20-8-5-16/h1-2,9,11,15,17H,3-8,10H2,(H,18,19). The molecule has 5 nitrogen and oxygen atoms in total. The average molecular weight is 287 g/mol. The van der Waals surface area contributed by atoms with Crippen molar-refractivity contribution in [1.29, 1.82) is 0 Å². The fourth-order valence-corrected chi connectivity index (χ4v) is 3.58. The van der Waals surface area contributed by atoms with Gasteiger partial charge in [-0.05, 0) is 24.1 Å². The molecule has 2 aromatic rings. The van der Waals surface area contributed by atoms with Crippen LogP contribution in [0.2, 0.25) is 0 Å². The largest absolute Gasteiger partial charge is 0.381 e. The van der Waals surface area contributed by atoms with Crippen LogP contribution in [0.4, 0.5) is 0 Å². The third-order valence-corrected chi connectivity index (χ3v) is 4.81. The van der Waals surface area contributed by atoms with E-state index in [1.54, 1.807) is 6.33 Å². The van der Waals surface area contributed by atoms with Crippen LogP contribution in [-0.4, -0.2) is 41.4 Å². The number of hydrogen-bond acceptors (Lipinski definition) is 4. The summed E-state index contributed by atoms with van der Waals surface area (Å²) >= 11 is 0. The maximum Gasteiger partial charge on any atom is 0.0931 e. The number of benzene rings is 1. The summed E-state index contributed by atoms with van der Waals surface area (Å²) in [5.74, 6) is 0. The summed E-state index contributed by atoms with van der Waals surface area (Å²) in [6, 6.07) is 6.81. The topological polar surface area (TPSA) is 59.2 Å². The van der Waals surface area contributed by atoms with Crippen LogP contribution in [0.5, 0.6) is 0 Å². The summed E-state index contributed by atoms with van der Waals surface area (Å²) in [7, 11) is 0. The summed E-state index contributed by atoms with van der Waals surface area (Å²) in [5, 5.41) is 3.70. The van der Waals surface area contributed by atoms with Crippen LogP contribution in [-0.2, 0) is 16.0 Å². The number of imidazole rings is 1. The summed E-state index contributed by atoms with van der Waals surface area (Å²) in [6.45, 7) is 3.36. The summed E-state index contributed by atoms with van der Waals surface area (Å²) in [6.07, 6.45) is 4.84. The fraction of sp³-hybridized carbons (Fsp3) is 0.562. The molecule has 1 aromatic carbocycles. The van der Waals surface area contributed by atoms with Gasteiger partial charge in [0.05, 0.1) is 23.0 Å². The van der Waals surface area contributed by atoms with E-state index in [2.05, 4.69) is 33.5 Å². The van der Waals surface area contributed by atoms with Crippen LogP contribution in [0, 0.1) is 0 Å². The van der Waals surface area contributed by atoms with Gasteiger partial charge in [0.2, 0.25) is 0 Å². The first-order valence-electron chi connectivity index (χ1n) is 7.73. The number of nitrogens with zero attached hydrogens (tertiary/aromatic N) is 1. The van der Waals surface area contributed by atoms with Gasteiger partial charge in [0, 0.05) is 45.2 Å². The Morgan fingerprint density at radius 2 is 2.19 bits per heavy atom. The molecule has 2 aliphatic rings. The lowest BCUT2D eigenvalue weighted by atomic mass is 9.86. The number of ether oxygens (including phenoxy) is 2. The Balaban J connectivity index is 1.45. The fourth-order valence-electron chi connectivity index (χ4n) is 3.58. The minimum atomic E-state index is -0.00363. The zero-order valence-electron chi connectivity index (χ0n) is 12.1. The Morgan fingerprint density at radius 3 is 3.10 bits per heavy atom. The van der Waals surface area contributed by atoms with Crippen molar-refractivity contribution in [2.45, 2.75) is 37.5 Å². The minimum Gasteiger partial charge on any atom is -0.381 e. The van der Waals surface area contributed by atoms with Gasteiger partial charge in [-0.3, -0.25) is 0 Å². The van der Waals surface area contributed by atoms with Crippen molar-refractivity contribution in [2.75, 3.05) is 19.8 Å². The number of fused-ring (bicyclic) bond motifs is 1. The predicted octanol–water partition coefficient (Wildman–Crippen LogP) is 1.99. The van der Waals surface area contributed by atoms with Gasteiger partial charge in [-0.15, -0.1) is 0 Å². The van der Waals surface area contributed by atoms with Gasteiger partial charge in [-0.25, -0.2) is 4.98 Å². The van der Waals surface area contributed by atoms with E-state index in [1.165, 1.54) is 5.56 Å². The normalized spacial score (nSPS) is 24.9. The van der Waals surface area contributed by atoms with Crippen LogP contribution in [0.1, 0.15) is 24.8 Å². The number of nitrogens with one attached hydrogen (secondary N) is 2. The molecule has 0 saturated carbocycles. The molecule has 0 amide bonds. The molecule has 3 heterocycles. The van der Waals surface area contributed by atoms with Crippen molar-refractivity contribution >= 4 is 11.0 Å². The third-order valence-electron chi connectivity index (χ3n) is 4.81. The van der Waals surface area contributed by atoms with E-state index in [0.29, 0.717) is 6.04 Å². The highest BCUT2D eigenvalue weighted by atomic mass is 16.5. The minimum absolute atomic E-state index is 0.00363. The molecule has 1 aromatic heterocycles. The Kier molecular flexibility index (Phi) is 3.41.